The van der Waals surface area contributed by atoms with Crippen LogP contribution in [0.5, 0.6) is 5.75 Å². The van der Waals surface area contributed by atoms with Crippen molar-refractivity contribution in [2.75, 3.05) is 13.7 Å². The maximum Gasteiger partial charge on any atom is 0.306 e. The summed E-state index contributed by atoms with van der Waals surface area (Å²) in [5.41, 5.74) is 1.64. The highest BCUT2D eigenvalue weighted by Crippen LogP contribution is 2.34. The van der Waals surface area contributed by atoms with Crippen molar-refractivity contribution in [3.05, 3.63) is 35.7 Å². The number of hydrogen-bond acceptors (Lipinski definition) is 3. The number of ether oxygens (including phenoxy) is 2. The van der Waals surface area contributed by atoms with E-state index in [1.54, 1.807) is 12.1 Å². The van der Waals surface area contributed by atoms with Crippen LogP contribution >= 0.6 is 0 Å². The van der Waals surface area contributed by atoms with Crippen LogP contribution in [0.25, 0.3) is 5.57 Å². The summed E-state index contributed by atoms with van der Waals surface area (Å²) in [4.78, 5) is 11.5. The molecule has 0 saturated heterocycles. The van der Waals surface area contributed by atoms with E-state index >= 15 is 0 Å². The fourth-order valence-corrected chi connectivity index (χ4v) is 2.66. The van der Waals surface area contributed by atoms with E-state index < -0.39 is 0 Å². The zero-order valence-corrected chi connectivity index (χ0v) is 12.5. The monoisotopic (exact) mass is 292 g/mol. The van der Waals surface area contributed by atoms with E-state index in [0.29, 0.717) is 30.3 Å². The molecule has 4 heteroatoms. The molecule has 114 valence electrons. The Morgan fingerprint density at radius 3 is 2.81 bits per heavy atom. The van der Waals surface area contributed by atoms with Crippen molar-refractivity contribution in [1.29, 1.82) is 0 Å². The number of rotatable bonds is 5. The molecule has 0 saturated carbocycles. The van der Waals surface area contributed by atoms with Gasteiger partial charge in [0, 0.05) is 18.1 Å². The van der Waals surface area contributed by atoms with Crippen LogP contribution in [-0.4, -0.2) is 19.7 Å². The molecule has 1 aliphatic rings. The topological polar surface area (TPSA) is 35.5 Å². The summed E-state index contributed by atoms with van der Waals surface area (Å²) in [5.74, 6) is 0.418. The highest BCUT2D eigenvalue weighted by atomic mass is 19.1. The second-order valence-electron chi connectivity index (χ2n) is 5.22. The minimum absolute atomic E-state index is 0.144. The van der Waals surface area contributed by atoms with E-state index in [9.17, 15) is 9.18 Å². The molecule has 3 nitrogen and oxygen atoms in total. The summed E-state index contributed by atoms with van der Waals surface area (Å²) in [6, 6.07) is 4.93. The van der Waals surface area contributed by atoms with Crippen molar-refractivity contribution < 1.29 is 18.7 Å². The van der Waals surface area contributed by atoms with Gasteiger partial charge in [-0.1, -0.05) is 6.08 Å². The summed E-state index contributed by atoms with van der Waals surface area (Å²) >= 11 is 0. The molecule has 2 rings (SSSR count). The number of carbonyl (C=O) groups is 1. The highest BCUT2D eigenvalue weighted by molar-refractivity contribution is 5.71. The molecule has 0 spiro atoms. The second-order valence-corrected chi connectivity index (χ2v) is 5.22. The molecule has 0 amide bonds. The van der Waals surface area contributed by atoms with Crippen molar-refractivity contribution in [2.24, 2.45) is 5.92 Å². The zero-order chi connectivity index (χ0) is 15.2. The molecular weight excluding hydrogens is 271 g/mol. The Kier molecular flexibility index (Phi) is 5.37. The SMILES string of the molecule is CCOC(=O)CC1CC=C(c2ccc(OC)cc2F)CC1. The van der Waals surface area contributed by atoms with Gasteiger partial charge in [0.25, 0.3) is 0 Å². The number of allylic oxidation sites excluding steroid dienone is 2. The van der Waals surface area contributed by atoms with Crippen LogP contribution in [0.4, 0.5) is 4.39 Å². The molecule has 0 radical (unpaired) electrons. The summed E-state index contributed by atoms with van der Waals surface area (Å²) in [7, 11) is 1.52. The molecule has 1 aromatic rings. The predicted molar refractivity (Wildman–Crippen MR) is 79.5 cm³/mol. The van der Waals surface area contributed by atoms with Crippen LogP contribution in [0.15, 0.2) is 24.3 Å². The number of benzene rings is 1. The van der Waals surface area contributed by atoms with Gasteiger partial charge in [-0.15, -0.1) is 0 Å². The fraction of sp³-hybridized carbons (Fsp3) is 0.471. The summed E-state index contributed by atoms with van der Waals surface area (Å²) in [6.45, 7) is 2.23. The van der Waals surface area contributed by atoms with Crippen LogP contribution in [0.3, 0.4) is 0 Å². The molecule has 1 aliphatic carbocycles. The third kappa shape index (κ3) is 4.06. The molecule has 1 atom stereocenters. The minimum Gasteiger partial charge on any atom is -0.497 e. The van der Waals surface area contributed by atoms with E-state index in [1.807, 2.05) is 13.0 Å². The van der Waals surface area contributed by atoms with Crippen molar-refractivity contribution in [2.45, 2.75) is 32.6 Å². The van der Waals surface area contributed by atoms with E-state index in [0.717, 1.165) is 24.8 Å². The Bertz CT molecular complexity index is 537. The largest absolute Gasteiger partial charge is 0.497 e. The van der Waals surface area contributed by atoms with Gasteiger partial charge < -0.3 is 9.47 Å². The maximum absolute atomic E-state index is 14.0. The van der Waals surface area contributed by atoms with Crippen LogP contribution in [0.1, 0.15) is 38.2 Å². The van der Waals surface area contributed by atoms with Crippen LogP contribution in [-0.2, 0) is 9.53 Å². The molecule has 0 N–H and O–H groups in total. The van der Waals surface area contributed by atoms with Crippen molar-refractivity contribution in [3.8, 4) is 5.75 Å². The first kappa shape index (κ1) is 15.5. The average molecular weight is 292 g/mol. The van der Waals surface area contributed by atoms with Crippen molar-refractivity contribution in [1.82, 2.24) is 0 Å². The Morgan fingerprint density at radius 2 is 2.24 bits per heavy atom. The fourth-order valence-electron chi connectivity index (χ4n) is 2.66. The first-order valence-corrected chi connectivity index (χ1v) is 7.32. The molecule has 0 aromatic heterocycles. The lowest BCUT2D eigenvalue weighted by atomic mass is 9.85. The predicted octanol–water partition coefficient (Wildman–Crippen LogP) is 3.97. The molecule has 1 unspecified atom stereocenters. The maximum atomic E-state index is 14.0. The second kappa shape index (κ2) is 7.25. The summed E-state index contributed by atoms with van der Waals surface area (Å²) in [6.07, 6.45) is 4.95. The summed E-state index contributed by atoms with van der Waals surface area (Å²) < 4.78 is 24.0. The zero-order valence-electron chi connectivity index (χ0n) is 12.5. The molecule has 21 heavy (non-hydrogen) atoms. The third-order valence-electron chi connectivity index (χ3n) is 3.80. The number of esters is 1. The molecule has 1 aromatic carbocycles. The normalized spacial score (nSPS) is 18.0. The van der Waals surface area contributed by atoms with Gasteiger partial charge >= 0.3 is 5.97 Å². The van der Waals surface area contributed by atoms with Gasteiger partial charge in [0.2, 0.25) is 0 Å². The van der Waals surface area contributed by atoms with Crippen molar-refractivity contribution in [3.63, 3.8) is 0 Å². The van der Waals surface area contributed by atoms with Gasteiger partial charge in [0.05, 0.1) is 13.7 Å². The standard InChI is InChI=1S/C17H21FO3/c1-3-21-17(19)10-12-4-6-13(7-5-12)15-9-8-14(20-2)11-16(15)18/h6,8-9,11-12H,3-5,7,10H2,1-2H3. The lowest BCUT2D eigenvalue weighted by Gasteiger charge is -2.21. The third-order valence-corrected chi connectivity index (χ3v) is 3.80. The van der Waals surface area contributed by atoms with Gasteiger partial charge in [0.1, 0.15) is 11.6 Å². The van der Waals surface area contributed by atoms with Crippen LogP contribution < -0.4 is 4.74 Å². The van der Waals surface area contributed by atoms with E-state index in [1.165, 1.54) is 13.2 Å². The van der Waals surface area contributed by atoms with Gasteiger partial charge in [-0.25, -0.2) is 4.39 Å². The Balaban J connectivity index is 2.01. The Morgan fingerprint density at radius 1 is 1.43 bits per heavy atom. The quantitative estimate of drug-likeness (QED) is 0.770. The Labute approximate surface area is 124 Å². The average Bonchev–Trinajstić information content (AvgIpc) is 2.48. The van der Waals surface area contributed by atoms with E-state index in [2.05, 4.69) is 0 Å². The number of hydrogen-bond donors (Lipinski definition) is 0. The molecule has 0 heterocycles. The number of methoxy groups -OCH3 is 1. The smallest absolute Gasteiger partial charge is 0.306 e. The van der Waals surface area contributed by atoms with Gasteiger partial charge in [-0.2, -0.15) is 0 Å². The summed E-state index contributed by atoms with van der Waals surface area (Å²) in [5, 5.41) is 0. The molecular formula is C17H21FO3. The van der Waals surface area contributed by atoms with Crippen LogP contribution in [0, 0.1) is 11.7 Å². The molecule has 0 fully saturated rings. The van der Waals surface area contributed by atoms with Gasteiger partial charge in [-0.05, 0) is 49.8 Å². The van der Waals surface area contributed by atoms with E-state index in [4.69, 9.17) is 9.47 Å². The first-order valence-electron chi connectivity index (χ1n) is 7.32. The van der Waals surface area contributed by atoms with Gasteiger partial charge in [-0.3, -0.25) is 4.79 Å². The van der Waals surface area contributed by atoms with E-state index in [-0.39, 0.29) is 11.8 Å². The molecule has 0 aliphatic heterocycles. The lowest BCUT2D eigenvalue weighted by Crippen LogP contribution is -2.13. The minimum atomic E-state index is -0.260. The van der Waals surface area contributed by atoms with Crippen LogP contribution in [0.2, 0.25) is 0 Å². The Hall–Kier alpha value is -1.84. The highest BCUT2D eigenvalue weighted by Gasteiger charge is 2.20. The number of carbonyl (C=O) groups excluding carboxylic acids is 1. The molecule has 0 bridgehead atoms. The first-order chi connectivity index (χ1) is 10.1. The number of halogens is 1. The van der Waals surface area contributed by atoms with Crippen molar-refractivity contribution >= 4 is 11.5 Å². The lowest BCUT2D eigenvalue weighted by molar-refractivity contribution is -0.144. The van der Waals surface area contributed by atoms with Gasteiger partial charge in [0.15, 0.2) is 0 Å².